The number of benzene rings is 1. The lowest BCUT2D eigenvalue weighted by molar-refractivity contribution is 0.448. The first-order valence-electron chi connectivity index (χ1n) is 7.46. The lowest BCUT2D eigenvalue weighted by atomic mass is 9.97. The quantitative estimate of drug-likeness (QED) is 0.717. The fourth-order valence-corrected chi connectivity index (χ4v) is 2.50. The Morgan fingerprint density at radius 3 is 2.44 bits per heavy atom. The fourth-order valence-electron chi connectivity index (χ4n) is 2.50. The van der Waals surface area contributed by atoms with Crippen molar-refractivity contribution in [1.82, 2.24) is 5.32 Å². The standard InChI is InChI=1S/C17H29N/c1-5-7-17(18-12-6-2)11-10-16-9-8-14(3)13-15(16)4/h8-9,13,17-18H,5-7,10-12H2,1-4H3. The van der Waals surface area contributed by atoms with E-state index in [4.69, 9.17) is 0 Å². The molecule has 102 valence electrons. The van der Waals surface area contributed by atoms with Crippen LogP contribution in [-0.2, 0) is 6.42 Å². The molecule has 1 heteroatoms. The Labute approximate surface area is 113 Å². The molecule has 0 radical (unpaired) electrons. The summed E-state index contributed by atoms with van der Waals surface area (Å²) in [5, 5.41) is 3.67. The van der Waals surface area contributed by atoms with Crippen LogP contribution >= 0.6 is 0 Å². The van der Waals surface area contributed by atoms with Crippen LogP contribution in [0.3, 0.4) is 0 Å². The van der Waals surface area contributed by atoms with E-state index in [-0.39, 0.29) is 0 Å². The van der Waals surface area contributed by atoms with Crippen LogP contribution in [0, 0.1) is 13.8 Å². The molecule has 1 atom stereocenters. The molecular weight excluding hydrogens is 218 g/mol. The predicted octanol–water partition coefficient (Wildman–Crippen LogP) is 4.40. The van der Waals surface area contributed by atoms with Gasteiger partial charge < -0.3 is 5.32 Å². The average Bonchev–Trinajstić information content (AvgIpc) is 2.34. The Bertz CT molecular complexity index is 343. The van der Waals surface area contributed by atoms with Crippen molar-refractivity contribution in [3.8, 4) is 0 Å². The van der Waals surface area contributed by atoms with Crippen LogP contribution in [0.1, 0.15) is 56.2 Å². The highest BCUT2D eigenvalue weighted by Crippen LogP contribution is 2.14. The van der Waals surface area contributed by atoms with Crippen LogP contribution in [0.25, 0.3) is 0 Å². The van der Waals surface area contributed by atoms with Gasteiger partial charge in [0.15, 0.2) is 0 Å². The van der Waals surface area contributed by atoms with Gasteiger partial charge in [-0.2, -0.15) is 0 Å². The summed E-state index contributed by atoms with van der Waals surface area (Å²) in [5.41, 5.74) is 4.33. The van der Waals surface area contributed by atoms with Gasteiger partial charge in [0, 0.05) is 6.04 Å². The van der Waals surface area contributed by atoms with Gasteiger partial charge in [-0.05, 0) is 57.2 Å². The first kappa shape index (κ1) is 15.2. The van der Waals surface area contributed by atoms with Crippen molar-refractivity contribution in [2.24, 2.45) is 0 Å². The van der Waals surface area contributed by atoms with Crippen molar-refractivity contribution in [3.05, 3.63) is 34.9 Å². The lowest BCUT2D eigenvalue weighted by Gasteiger charge is -2.18. The van der Waals surface area contributed by atoms with Gasteiger partial charge >= 0.3 is 0 Å². The molecule has 18 heavy (non-hydrogen) atoms. The largest absolute Gasteiger partial charge is 0.314 e. The van der Waals surface area contributed by atoms with Gasteiger partial charge in [0.25, 0.3) is 0 Å². The minimum Gasteiger partial charge on any atom is -0.314 e. The zero-order chi connectivity index (χ0) is 13.4. The number of hydrogen-bond acceptors (Lipinski definition) is 1. The normalized spacial score (nSPS) is 12.7. The first-order chi connectivity index (χ1) is 8.67. The first-order valence-corrected chi connectivity index (χ1v) is 7.46. The molecule has 0 aliphatic heterocycles. The molecule has 0 saturated heterocycles. The van der Waals surface area contributed by atoms with Crippen LogP contribution < -0.4 is 5.32 Å². The maximum atomic E-state index is 3.67. The molecule has 0 heterocycles. The highest BCUT2D eigenvalue weighted by Gasteiger charge is 2.07. The van der Waals surface area contributed by atoms with E-state index in [1.54, 1.807) is 0 Å². The molecular formula is C17H29N. The Morgan fingerprint density at radius 2 is 1.83 bits per heavy atom. The van der Waals surface area contributed by atoms with Gasteiger partial charge in [-0.15, -0.1) is 0 Å². The highest BCUT2D eigenvalue weighted by atomic mass is 14.9. The van der Waals surface area contributed by atoms with E-state index in [0.29, 0.717) is 6.04 Å². The molecule has 1 nitrogen and oxygen atoms in total. The number of hydrogen-bond donors (Lipinski definition) is 1. The molecule has 1 N–H and O–H groups in total. The Kier molecular flexibility index (Phi) is 7.04. The summed E-state index contributed by atoms with van der Waals surface area (Å²) in [4.78, 5) is 0. The van der Waals surface area contributed by atoms with Crippen LogP contribution in [0.5, 0.6) is 0 Å². The molecule has 0 spiro atoms. The molecule has 0 aliphatic carbocycles. The number of aryl methyl sites for hydroxylation is 3. The van der Waals surface area contributed by atoms with Gasteiger partial charge in [-0.25, -0.2) is 0 Å². The Hall–Kier alpha value is -0.820. The lowest BCUT2D eigenvalue weighted by Crippen LogP contribution is -2.30. The second-order valence-corrected chi connectivity index (χ2v) is 5.41. The molecule has 0 bridgehead atoms. The van der Waals surface area contributed by atoms with E-state index in [9.17, 15) is 0 Å². The van der Waals surface area contributed by atoms with E-state index in [2.05, 4.69) is 51.2 Å². The van der Waals surface area contributed by atoms with Crippen LogP contribution in [0.2, 0.25) is 0 Å². The van der Waals surface area contributed by atoms with Gasteiger partial charge in [-0.3, -0.25) is 0 Å². The van der Waals surface area contributed by atoms with Crippen molar-refractivity contribution in [2.45, 2.75) is 65.8 Å². The predicted molar refractivity (Wildman–Crippen MR) is 81.2 cm³/mol. The zero-order valence-corrected chi connectivity index (χ0v) is 12.6. The van der Waals surface area contributed by atoms with Gasteiger partial charge in [0.1, 0.15) is 0 Å². The monoisotopic (exact) mass is 247 g/mol. The molecule has 1 aromatic carbocycles. The maximum Gasteiger partial charge on any atom is 0.00701 e. The molecule has 1 aromatic rings. The van der Waals surface area contributed by atoms with E-state index >= 15 is 0 Å². The molecule has 1 unspecified atom stereocenters. The van der Waals surface area contributed by atoms with Crippen molar-refractivity contribution in [3.63, 3.8) is 0 Å². The second-order valence-electron chi connectivity index (χ2n) is 5.41. The Balaban J connectivity index is 2.49. The van der Waals surface area contributed by atoms with Crippen molar-refractivity contribution in [2.75, 3.05) is 6.54 Å². The second kappa shape index (κ2) is 8.31. The molecule has 1 rings (SSSR count). The van der Waals surface area contributed by atoms with E-state index in [1.807, 2.05) is 0 Å². The van der Waals surface area contributed by atoms with E-state index < -0.39 is 0 Å². The third-order valence-corrected chi connectivity index (χ3v) is 3.58. The summed E-state index contributed by atoms with van der Waals surface area (Å²) in [7, 11) is 0. The summed E-state index contributed by atoms with van der Waals surface area (Å²) in [6, 6.07) is 7.52. The van der Waals surface area contributed by atoms with Crippen LogP contribution in [0.4, 0.5) is 0 Å². The minimum atomic E-state index is 0.690. The third kappa shape index (κ3) is 5.22. The minimum absolute atomic E-state index is 0.690. The fraction of sp³-hybridized carbons (Fsp3) is 0.647. The summed E-state index contributed by atoms with van der Waals surface area (Å²) in [6.45, 7) is 10.1. The van der Waals surface area contributed by atoms with Gasteiger partial charge in [-0.1, -0.05) is 44.0 Å². The summed E-state index contributed by atoms with van der Waals surface area (Å²) >= 11 is 0. The van der Waals surface area contributed by atoms with Crippen LogP contribution in [0.15, 0.2) is 18.2 Å². The summed E-state index contributed by atoms with van der Waals surface area (Å²) in [5.74, 6) is 0. The summed E-state index contributed by atoms with van der Waals surface area (Å²) < 4.78 is 0. The smallest absolute Gasteiger partial charge is 0.00701 e. The molecule has 0 aliphatic rings. The maximum absolute atomic E-state index is 3.67. The topological polar surface area (TPSA) is 12.0 Å². The average molecular weight is 247 g/mol. The number of nitrogens with one attached hydrogen (secondary N) is 1. The third-order valence-electron chi connectivity index (χ3n) is 3.58. The number of rotatable bonds is 8. The van der Waals surface area contributed by atoms with E-state index in [1.165, 1.54) is 48.8 Å². The molecule has 0 aromatic heterocycles. The Morgan fingerprint density at radius 1 is 1.06 bits per heavy atom. The van der Waals surface area contributed by atoms with Gasteiger partial charge in [0.05, 0.1) is 0 Å². The SMILES string of the molecule is CCCNC(CCC)CCc1ccc(C)cc1C. The van der Waals surface area contributed by atoms with Crippen molar-refractivity contribution >= 4 is 0 Å². The highest BCUT2D eigenvalue weighted by molar-refractivity contribution is 5.30. The molecule has 0 fully saturated rings. The van der Waals surface area contributed by atoms with Crippen molar-refractivity contribution < 1.29 is 0 Å². The van der Waals surface area contributed by atoms with E-state index in [0.717, 1.165) is 6.54 Å². The molecule has 0 amide bonds. The van der Waals surface area contributed by atoms with Crippen molar-refractivity contribution in [1.29, 1.82) is 0 Å². The zero-order valence-electron chi connectivity index (χ0n) is 12.6. The van der Waals surface area contributed by atoms with Crippen LogP contribution in [-0.4, -0.2) is 12.6 Å². The summed E-state index contributed by atoms with van der Waals surface area (Å²) in [6.07, 6.45) is 6.26. The van der Waals surface area contributed by atoms with Gasteiger partial charge in [0.2, 0.25) is 0 Å². The molecule has 0 saturated carbocycles.